The molecule has 5 nitrogen and oxygen atoms in total. The molecule has 1 saturated heterocycles. The number of nitrogens with one attached hydrogen (secondary N) is 1. The van der Waals surface area contributed by atoms with Gasteiger partial charge in [0.05, 0.1) is 12.0 Å². The number of hydrogen-bond donors (Lipinski definition) is 2. The first-order valence-electron chi connectivity index (χ1n) is 7.70. The van der Waals surface area contributed by atoms with Crippen molar-refractivity contribution in [3.63, 3.8) is 0 Å². The van der Waals surface area contributed by atoms with Crippen LogP contribution in [0.25, 0.3) is 0 Å². The Bertz CT molecular complexity index is 344. The Morgan fingerprint density at radius 1 is 1.15 bits per heavy atom. The predicted octanol–water partition coefficient (Wildman–Crippen LogP) is 2.10. The van der Waals surface area contributed by atoms with E-state index in [-0.39, 0.29) is 12.3 Å². The molecule has 5 heteroatoms. The Morgan fingerprint density at radius 3 is 2.40 bits per heavy atom. The molecule has 0 spiro atoms. The summed E-state index contributed by atoms with van der Waals surface area (Å²) >= 11 is 0. The van der Waals surface area contributed by atoms with Crippen LogP contribution >= 0.6 is 0 Å². The maximum absolute atomic E-state index is 12.2. The number of hydrogen-bond acceptors (Lipinski definition) is 3. The van der Waals surface area contributed by atoms with Crippen LogP contribution in [0.3, 0.4) is 0 Å². The minimum Gasteiger partial charge on any atom is -0.481 e. The van der Waals surface area contributed by atoms with Crippen molar-refractivity contribution in [3.05, 3.63) is 0 Å². The summed E-state index contributed by atoms with van der Waals surface area (Å²) in [6, 6.07) is 0. The number of aliphatic carboxylic acids is 1. The van der Waals surface area contributed by atoms with Gasteiger partial charge in [0.15, 0.2) is 0 Å². The monoisotopic (exact) mass is 283 g/mol. The third kappa shape index (κ3) is 4.47. The van der Waals surface area contributed by atoms with E-state index in [0.717, 1.165) is 12.8 Å². The molecule has 0 aromatic rings. The summed E-state index contributed by atoms with van der Waals surface area (Å²) in [4.78, 5) is 23.3. The molecule has 0 aromatic carbocycles. The van der Waals surface area contributed by atoms with Crippen LogP contribution in [0.4, 0.5) is 0 Å². The lowest BCUT2D eigenvalue weighted by Gasteiger charge is -2.37. The molecule has 1 amide bonds. The van der Waals surface area contributed by atoms with Crippen LogP contribution in [0, 0.1) is 5.92 Å². The number of carbonyl (C=O) groups excluding carboxylic acids is 1. The van der Waals surface area contributed by atoms with Gasteiger partial charge < -0.3 is 15.2 Å². The van der Waals surface area contributed by atoms with E-state index in [9.17, 15) is 9.59 Å². The lowest BCUT2D eigenvalue weighted by atomic mass is 9.84. The minimum atomic E-state index is -0.857. The number of rotatable bonds is 5. The summed E-state index contributed by atoms with van der Waals surface area (Å²) in [5.74, 6) is -0.365. The van der Waals surface area contributed by atoms with Crippen molar-refractivity contribution < 1.29 is 19.4 Å². The van der Waals surface area contributed by atoms with Crippen molar-refractivity contribution in [1.29, 1.82) is 0 Å². The summed E-state index contributed by atoms with van der Waals surface area (Å²) in [6.07, 6.45) is 7.68. The molecule has 0 aromatic heterocycles. The van der Waals surface area contributed by atoms with Gasteiger partial charge in [-0.15, -0.1) is 0 Å². The lowest BCUT2D eigenvalue weighted by molar-refractivity contribution is -0.140. The molecule has 20 heavy (non-hydrogen) atoms. The maximum atomic E-state index is 12.2. The SMILES string of the molecule is O=C(O)CC1(NC(=O)CC2CCCCC2)CCOCC1. The van der Waals surface area contributed by atoms with E-state index in [2.05, 4.69) is 5.32 Å². The largest absolute Gasteiger partial charge is 0.481 e. The highest BCUT2D eigenvalue weighted by atomic mass is 16.5. The summed E-state index contributed by atoms with van der Waals surface area (Å²) in [5, 5.41) is 12.1. The summed E-state index contributed by atoms with van der Waals surface area (Å²) in [6.45, 7) is 1.05. The number of carboxylic acid groups (broad SMARTS) is 1. The van der Waals surface area contributed by atoms with Crippen molar-refractivity contribution in [3.8, 4) is 0 Å². The van der Waals surface area contributed by atoms with Crippen molar-refractivity contribution in [2.75, 3.05) is 13.2 Å². The first-order chi connectivity index (χ1) is 9.60. The maximum Gasteiger partial charge on any atom is 0.305 e. The molecule has 1 saturated carbocycles. The second kappa shape index (κ2) is 7.07. The van der Waals surface area contributed by atoms with Gasteiger partial charge in [0, 0.05) is 19.6 Å². The average Bonchev–Trinajstić information content (AvgIpc) is 2.39. The van der Waals surface area contributed by atoms with Crippen molar-refractivity contribution in [2.45, 2.75) is 63.3 Å². The molecule has 0 radical (unpaired) electrons. The zero-order valence-corrected chi connectivity index (χ0v) is 12.0. The summed E-state index contributed by atoms with van der Waals surface area (Å²) in [7, 11) is 0. The van der Waals surface area contributed by atoms with Crippen molar-refractivity contribution >= 4 is 11.9 Å². The third-order valence-electron chi connectivity index (χ3n) is 4.54. The van der Waals surface area contributed by atoms with E-state index < -0.39 is 11.5 Å². The number of carbonyl (C=O) groups is 2. The van der Waals surface area contributed by atoms with E-state index in [0.29, 0.717) is 38.4 Å². The highest BCUT2D eigenvalue weighted by Crippen LogP contribution is 2.28. The van der Waals surface area contributed by atoms with Crippen LogP contribution in [0.2, 0.25) is 0 Å². The predicted molar refractivity (Wildman–Crippen MR) is 74.4 cm³/mol. The van der Waals surface area contributed by atoms with E-state index in [4.69, 9.17) is 9.84 Å². The number of amides is 1. The molecule has 2 fully saturated rings. The van der Waals surface area contributed by atoms with Gasteiger partial charge in [-0.25, -0.2) is 0 Å². The molecule has 0 atom stereocenters. The standard InChI is InChI=1S/C15H25NO4/c17-13(10-12-4-2-1-3-5-12)16-15(11-14(18)19)6-8-20-9-7-15/h12H,1-11H2,(H,16,17)(H,18,19). The van der Waals surface area contributed by atoms with Crippen LogP contribution < -0.4 is 5.32 Å². The molecular weight excluding hydrogens is 258 g/mol. The fourth-order valence-corrected chi connectivity index (χ4v) is 3.40. The van der Waals surface area contributed by atoms with Gasteiger partial charge >= 0.3 is 5.97 Å². The molecule has 2 aliphatic rings. The van der Waals surface area contributed by atoms with E-state index in [1.165, 1.54) is 19.3 Å². The Labute approximate surface area is 120 Å². The highest BCUT2D eigenvalue weighted by molar-refractivity contribution is 5.78. The van der Waals surface area contributed by atoms with Crippen LogP contribution in [0.1, 0.15) is 57.8 Å². The zero-order valence-electron chi connectivity index (χ0n) is 12.0. The van der Waals surface area contributed by atoms with Gasteiger partial charge in [-0.2, -0.15) is 0 Å². The van der Waals surface area contributed by atoms with E-state index >= 15 is 0 Å². The molecular formula is C15H25NO4. The molecule has 114 valence electrons. The highest BCUT2D eigenvalue weighted by Gasteiger charge is 2.36. The fourth-order valence-electron chi connectivity index (χ4n) is 3.40. The van der Waals surface area contributed by atoms with E-state index in [1.54, 1.807) is 0 Å². The quantitative estimate of drug-likeness (QED) is 0.810. The fraction of sp³-hybridized carbons (Fsp3) is 0.867. The van der Waals surface area contributed by atoms with E-state index in [1.807, 2.05) is 0 Å². The van der Waals surface area contributed by atoms with Crippen molar-refractivity contribution in [1.82, 2.24) is 5.32 Å². The number of ether oxygens (including phenoxy) is 1. The molecule has 0 unspecified atom stereocenters. The summed E-state index contributed by atoms with van der Waals surface area (Å²) in [5.41, 5.74) is -0.601. The van der Waals surface area contributed by atoms with Crippen LogP contribution in [0.15, 0.2) is 0 Å². The molecule has 1 aliphatic heterocycles. The van der Waals surface area contributed by atoms with Gasteiger partial charge in [-0.3, -0.25) is 9.59 Å². The third-order valence-corrected chi connectivity index (χ3v) is 4.54. The van der Waals surface area contributed by atoms with Crippen LogP contribution in [-0.4, -0.2) is 35.7 Å². The smallest absolute Gasteiger partial charge is 0.305 e. The van der Waals surface area contributed by atoms with Gasteiger partial charge in [-0.1, -0.05) is 19.3 Å². The van der Waals surface area contributed by atoms with Gasteiger partial charge in [0.1, 0.15) is 0 Å². The summed E-state index contributed by atoms with van der Waals surface area (Å²) < 4.78 is 5.29. The van der Waals surface area contributed by atoms with Gasteiger partial charge in [0.2, 0.25) is 5.91 Å². The molecule has 2 N–H and O–H groups in total. The Kier molecular flexibility index (Phi) is 5.40. The second-order valence-electron chi connectivity index (χ2n) is 6.22. The lowest BCUT2D eigenvalue weighted by Crippen LogP contribution is -2.53. The van der Waals surface area contributed by atoms with Crippen molar-refractivity contribution in [2.24, 2.45) is 5.92 Å². The zero-order chi connectivity index (χ0) is 14.4. The molecule has 2 rings (SSSR count). The first-order valence-corrected chi connectivity index (χ1v) is 7.70. The Hall–Kier alpha value is -1.10. The molecule has 1 heterocycles. The Balaban J connectivity index is 1.89. The second-order valence-corrected chi connectivity index (χ2v) is 6.22. The minimum absolute atomic E-state index is 0.00718. The molecule has 0 bridgehead atoms. The number of carboxylic acids is 1. The first kappa shape index (κ1) is 15.3. The Morgan fingerprint density at radius 2 is 1.80 bits per heavy atom. The van der Waals surface area contributed by atoms with Crippen LogP contribution in [-0.2, 0) is 14.3 Å². The van der Waals surface area contributed by atoms with Crippen LogP contribution in [0.5, 0.6) is 0 Å². The average molecular weight is 283 g/mol. The normalized spacial score (nSPS) is 23.2. The topological polar surface area (TPSA) is 75.6 Å². The molecule has 1 aliphatic carbocycles. The van der Waals surface area contributed by atoms with Gasteiger partial charge in [-0.05, 0) is 31.6 Å². The van der Waals surface area contributed by atoms with Gasteiger partial charge in [0.25, 0.3) is 0 Å².